The van der Waals surface area contributed by atoms with Gasteiger partial charge in [0.15, 0.2) is 0 Å². The van der Waals surface area contributed by atoms with Crippen molar-refractivity contribution < 1.29 is 19.6 Å². The zero-order valence-corrected chi connectivity index (χ0v) is 10.0. The number of hydrogen-bond acceptors (Lipinski definition) is 4. The van der Waals surface area contributed by atoms with E-state index in [9.17, 15) is 19.6 Å². The van der Waals surface area contributed by atoms with Gasteiger partial charge in [0.05, 0.1) is 6.04 Å². The van der Waals surface area contributed by atoms with Gasteiger partial charge in [-0.2, -0.15) is 0 Å². The van der Waals surface area contributed by atoms with Crippen molar-refractivity contribution in [1.82, 2.24) is 20.8 Å². The molecule has 0 spiro atoms. The lowest BCUT2D eigenvalue weighted by Gasteiger charge is -2.29. The van der Waals surface area contributed by atoms with Crippen molar-refractivity contribution >= 4 is 17.8 Å². The first-order valence-electron chi connectivity index (χ1n) is 5.92. The Bertz CT molecular complexity index is 386. The second-order valence-electron chi connectivity index (χ2n) is 4.42. The Morgan fingerprint density at radius 3 is 2.78 bits per heavy atom. The summed E-state index contributed by atoms with van der Waals surface area (Å²) in [6.45, 7) is 2.01. The van der Waals surface area contributed by atoms with Gasteiger partial charge in [0, 0.05) is 13.0 Å². The van der Waals surface area contributed by atoms with E-state index in [1.54, 1.807) is 6.92 Å². The molecule has 2 heterocycles. The van der Waals surface area contributed by atoms with Crippen LogP contribution < -0.4 is 10.9 Å². The number of nitrogens with one attached hydrogen (secondary N) is 2. The van der Waals surface area contributed by atoms with Gasteiger partial charge in [-0.1, -0.05) is 6.92 Å². The highest BCUT2D eigenvalue weighted by Gasteiger charge is 2.46. The fourth-order valence-electron chi connectivity index (χ4n) is 2.23. The molecule has 8 nitrogen and oxygen atoms in total. The highest BCUT2D eigenvalue weighted by molar-refractivity contribution is 5.89. The first kappa shape index (κ1) is 12.6. The van der Waals surface area contributed by atoms with Crippen LogP contribution in [-0.2, 0) is 9.59 Å². The van der Waals surface area contributed by atoms with Crippen LogP contribution in [0, 0.1) is 0 Å². The minimum atomic E-state index is -0.636. The number of carbonyl (C=O) groups excluding carboxylic acids is 3. The summed E-state index contributed by atoms with van der Waals surface area (Å²) >= 11 is 0. The average molecular weight is 256 g/mol. The van der Waals surface area contributed by atoms with Gasteiger partial charge in [-0.25, -0.2) is 9.86 Å². The van der Waals surface area contributed by atoms with E-state index in [-0.39, 0.29) is 18.4 Å². The number of urea groups is 1. The Labute approximate surface area is 104 Å². The second-order valence-corrected chi connectivity index (χ2v) is 4.42. The number of amides is 4. The molecule has 0 aromatic heterocycles. The molecule has 4 amide bonds. The van der Waals surface area contributed by atoms with E-state index in [4.69, 9.17) is 0 Å². The lowest BCUT2D eigenvalue weighted by molar-refractivity contribution is -0.131. The molecule has 2 bridgehead atoms. The van der Waals surface area contributed by atoms with Crippen molar-refractivity contribution in [2.75, 3.05) is 6.54 Å². The Morgan fingerprint density at radius 1 is 1.39 bits per heavy atom. The molecule has 2 atom stereocenters. The summed E-state index contributed by atoms with van der Waals surface area (Å²) < 4.78 is 0. The highest BCUT2D eigenvalue weighted by Crippen LogP contribution is 2.28. The molecule has 0 saturated carbocycles. The largest absolute Gasteiger partial charge is 0.344 e. The molecule has 0 unspecified atom stereocenters. The molecule has 3 N–H and O–H groups in total. The molecule has 2 fully saturated rings. The van der Waals surface area contributed by atoms with E-state index in [1.165, 1.54) is 4.90 Å². The third kappa shape index (κ3) is 2.10. The van der Waals surface area contributed by atoms with Crippen molar-refractivity contribution in [2.45, 2.75) is 38.3 Å². The number of hydroxylamine groups is 2. The molecule has 100 valence electrons. The standard InChI is InChI=1S/C10H16N4O4/c1-2-8(15)11-12-9(16)7-4-3-6-5-13(7)10(17)14(6)18/h6-7,18H,2-5H2,1H3,(H,11,15)(H,12,16)/t6-,7-/m0/s1. The smallest absolute Gasteiger partial charge is 0.309 e. The SMILES string of the molecule is CCC(=O)NNC(=O)[C@@H]1CC[C@H]2CN1C(=O)N2O. The van der Waals surface area contributed by atoms with Crippen molar-refractivity contribution in [3.05, 3.63) is 0 Å². The van der Waals surface area contributed by atoms with Gasteiger partial charge in [0.1, 0.15) is 6.04 Å². The van der Waals surface area contributed by atoms with Gasteiger partial charge in [-0.05, 0) is 12.8 Å². The van der Waals surface area contributed by atoms with Crippen molar-refractivity contribution in [1.29, 1.82) is 0 Å². The van der Waals surface area contributed by atoms with Crippen LogP contribution in [-0.4, -0.2) is 51.6 Å². The van der Waals surface area contributed by atoms with Gasteiger partial charge < -0.3 is 4.90 Å². The minimum absolute atomic E-state index is 0.230. The zero-order chi connectivity index (χ0) is 13.3. The van der Waals surface area contributed by atoms with Crippen molar-refractivity contribution in [3.63, 3.8) is 0 Å². The monoisotopic (exact) mass is 256 g/mol. The van der Waals surface area contributed by atoms with Crippen LogP contribution in [0.15, 0.2) is 0 Å². The number of carbonyl (C=O) groups is 3. The fourth-order valence-corrected chi connectivity index (χ4v) is 2.23. The quantitative estimate of drug-likeness (QED) is 0.444. The second kappa shape index (κ2) is 4.81. The molecule has 2 aliphatic rings. The lowest BCUT2D eigenvalue weighted by atomic mass is 10.0. The van der Waals surface area contributed by atoms with Gasteiger partial charge in [-0.15, -0.1) is 0 Å². The van der Waals surface area contributed by atoms with Crippen LogP contribution in [0.2, 0.25) is 0 Å². The van der Waals surface area contributed by atoms with E-state index in [0.29, 0.717) is 24.4 Å². The summed E-state index contributed by atoms with van der Waals surface area (Å²) in [7, 11) is 0. The molecule has 8 heteroatoms. The molecule has 0 aromatic rings. The maximum Gasteiger partial charge on any atom is 0.344 e. The van der Waals surface area contributed by atoms with Crippen molar-refractivity contribution in [2.24, 2.45) is 0 Å². The van der Waals surface area contributed by atoms with Crippen LogP contribution in [0.1, 0.15) is 26.2 Å². The summed E-state index contributed by atoms with van der Waals surface area (Å²) in [4.78, 5) is 35.8. The predicted molar refractivity (Wildman–Crippen MR) is 59.1 cm³/mol. The molecule has 2 rings (SSSR count). The fraction of sp³-hybridized carbons (Fsp3) is 0.700. The van der Waals surface area contributed by atoms with Gasteiger partial charge in [0.2, 0.25) is 5.91 Å². The summed E-state index contributed by atoms with van der Waals surface area (Å²) in [5.41, 5.74) is 4.55. The van der Waals surface area contributed by atoms with E-state index in [2.05, 4.69) is 10.9 Å². The topological polar surface area (TPSA) is 102 Å². The number of fused-ring (bicyclic) bond motifs is 2. The first-order chi connectivity index (χ1) is 8.54. The minimum Gasteiger partial charge on any atom is -0.309 e. The number of rotatable bonds is 2. The number of nitrogens with zero attached hydrogens (tertiary/aromatic N) is 2. The van der Waals surface area contributed by atoms with E-state index >= 15 is 0 Å². The summed E-state index contributed by atoms with van der Waals surface area (Å²) in [5, 5.41) is 10.1. The van der Waals surface area contributed by atoms with Crippen molar-refractivity contribution in [3.8, 4) is 0 Å². The maximum absolute atomic E-state index is 11.8. The molecule has 0 aliphatic carbocycles. The molecular weight excluding hydrogens is 240 g/mol. The molecule has 2 saturated heterocycles. The third-order valence-corrected chi connectivity index (χ3v) is 3.29. The Hall–Kier alpha value is -1.83. The van der Waals surface area contributed by atoms with Crippen LogP contribution in [0.5, 0.6) is 0 Å². The lowest BCUT2D eigenvalue weighted by Crippen LogP contribution is -2.54. The molecule has 18 heavy (non-hydrogen) atoms. The van der Waals surface area contributed by atoms with E-state index < -0.39 is 18.0 Å². The number of piperidine rings is 1. The van der Waals surface area contributed by atoms with Crippen LogP contribution >= 0.6 is 0 Å². The number of hydrazine groups is 1. The van der Waals surface area contributed by atoms with Crippen LogP contribution in [0.3, 0.4) is 0 Å². The summed E-state index contributed by atoms with van der Waals surface area (Å²) in [6, 6.07) is -1.42. The third-order valence-electron chi connectivity index (χ3n) is 3.29. The number of hydrogen-bond donors (Lipinski definition) is 3. The Kier molecular flexibility index (Phi) is 3.37. The van der Waals surface area contributed by atoms with E-state index in [1.807, 2.05) is 0 Å². The Balaban J connectivity index is 1.95. The maximum atomic E-state index is 11.8. The summed E-state index contributed by atoms with van der Waals surface area (Å²) in [6.07, 6.45) is 1.31. The molecule has 2 aliphatic heterocycles. The first-order valence-corrected chi connectivity index (χ1v) is 5.92. The summed E-state index contributed by atoms with van der Waals surface area (Å²) in [5.74, 6) is -0.729. The molecule has 0 aromatic carbocycles. The van der Waals surface area contributed by atoms with Gasteiger partial charge >= 0.3 is 6.03 Å². The van der Waals surface area contributed by atoms with Crippen LogP contribution in [0.25, 0.3) is 0 Å². The molecular formula is C10H16N4O4. The highest BCUT2D eigenvalue weighted by atomic mass is 16.5. The van der Waals surface area contributed by atoms with Gasteiger partial charge in [-0.3, -0.25) is 25.6 Å². The Morgan fingerprint density at radius 2 is 2.11 bits per heavy atom. The van der Waals surface area contributed by atoms with Gasteiger partial charge in [0.25, 0.3) is 5.91 Å². The van der Waals surface area contributed by atoms with Crippen LogP contribution in [0.4, 0.5) is 4.79 Å². The normalized spacial score (nSPS) is 26.2. The average Bonchev–Trinajstić information content (AvgIpc) is 2.61. The van der Waals surface area contributed by atoms with E-state index in [0.717, 1.165) is 0 Å². The zero-order valence-electron chi connectivity index (χ0n) is 10.0. The predicted octanol–water partition coefficient (Wildman–Crippen LogP) is -0.798. The molecule has 0 radical (unpaired) electrons.